The van der Waals surface area contributed by atoms with Crippen LogP contribution in [0.15, 0.2) is 91.1 Å². The number of hydrogen-bond acceptors (Lipinski definition) is 1. The minimum atomic E-state index is 1.08. The summed E-state index contributed by atoms with van der Waals surface area (Å²) in [6.07, 6.45) is 1.89. The Bertz CT molecular complexity index is 1450. The first-order valence-electron chi connectivity index (χ1n) is 8.91. The zero-order valence-electron chi connectivity index (χ0n) is 14.1. The third-order valence-electron chi connectivity index (χ3n) is 5.44. The van der Waals surface area contributed by atoms with Crippen LogP contribution in [0.5, 0.6) is 0 Å². The molecular formula is C25H15N. The summed E-state index contributed by atoms with van der Waals surface area (Å²) in [4.78, 5) is 4.75. The molecule has 1 heteroatoms. The molecule has 6 aromatic rings. The van der Waals surface area contributed by atoms with Crippen LogP contribution in [0, 0.1) is 0 Å². The van der Waals surface area contributed by atoms with Crippen molar-refractivity contribution in [3.8, 4) is 0 Å². The number of nitrogens with zero attached hydrogens (tertiary/aromatic N) is 1. The maximum atomic E-state index is 4.75. The van der Waals surface area contributed by atoms with Crippen molar-refractivity contribution in [3.63, 3.8) is 0 Å². The van der Waals surface area contributed by atoms with Gasteiger partial charge in [0.25, 0.3) is 0 Å². The Morgan fingerprint density at radius 1 is 0.462 bits per heavy atom. The van der Waals surface area contributed by atoms with Crippen molar-refractivity contribution in [2.45, 2.75) is 0 Å². The minimum Gasteiger partial charge on any atom is -0.256 e. The first kappa shape index (κ1) is 13.8. The molecule has 0 saturated heterocycles. The van der Waals surface area contributed by atoms with Crippen molar-refractivity contribution >= 4 is 54.0 Å². The van der Waals surface area contributed by atoms with E-state index in [2.05, 4.69) is 78.9 Å². The Kier molecular flexibility index (Phi) is 2.67. The molecule has 1 nitrogen and oxygen atoms in total. The van der Waals surface area contributed by atoms with E-state index in [-0.39, 0.29) is 0 Å². The number of rotatable bonds is 0. The van der Waals surface area contributed by atoms with Gasteiger partial charge in [0.15, 0.2) is 0 Å². The van der Waals surface area contributed by atoms with E-state index in [9.17, 15) is 0 Å². The van der Waals surface area contributed by atoms with Gasteiger partial charge in [0.2, 0.25) is 0 Å². The molecule has 0 aliphatic carbocycles. The van der Waals surface area contributed by atoms with E-state index in [1.54, 1.807) is 0 Å². The molecule has 0 atom stereocenters. The molecule has 1 heterocycles. The number of pyridine rings is 1. The van der Waals surface area contributed by atoms with E-state index < -0.39 is 0 Å². The summed E-state index contributed by atoms with van der Waals surface area (Å²) in [5, 5.41) is 11.4. The fourth-order valence-electron chi connectivity index (χ4n) is 4.27. The highest BCUT2D eigenvalue weighted by molar-refractivity contribution is 6.31. The number of benzene rings is 5. The third kappa shape index (κ3) is 1.77. The van der Waals surface area contributed by atoms with Crippen molar-refractivity contribution in [1.29, 1.82) is 0 Å². The lowest BCUT2D eigenvalue weighted by molar-refractivity contribution is 1.43. The molecule has 0 bridgehead atoms. The predicted octanol–water partition coefficient (Wildman–Crippen LogP) is 6.85. The summed E-state index contributed by atoms with van der Waals surface area (Å²) in [7, 11) is 0. The van der Waals surface area contributed by atoms with Gasteiger partial charge in [-0.1, -0.05) is 66.7 Å². The number of aromatic nitrogens is 1. The van der Waals surface area contributed by atoms with E-state index in [0.29, 0.717) is 0 Å². The van der Waals surface area contributed by atoms with Crippen LogP contribution in [0.4, 0.5) is 0 Å². The van der Waals surface area contributed by atoms with Crippen LogP contribution in [0.1, 0.15) is 0 Å². The first-order chi connectivity index (χ1) is 12.9. The lowest BCUT2D eigenvalue weighted by Gasteiger charge is -2.13. The van der Waals surface area contributed by atoms with E-state index in [1.165, 1.54) is 48.5 Å². The summed E-state index contributed by atoms with van der Waals surface area (Å²) in [5.41, 5.74) is 1.08. The Morgan fingerprint density at radius 2 is 1.15 bits per heavy atom. The molecule has 0 aliphatic heterocycles. The first-order valence-corrected chi connectivity index (χ1v) is 8.91. The second kappa shape index (κ2) is 5.03. The highest BCUT2D eigenvalue weighted by atomic mass is 14.6. The van der Waals surface area contributed by atoms with Crippen LogP contribution in [-0.2, 0) is 0 Å². The van der Waals surface area contributed by atoms with Crippen LogP contribution in [0.2, 0.25) is 0 Å². The smallest absolute Gasteiger partial charge is 0.0786 e. The quantitative estimate of drug-likeness (QED) is 0.219. The maximum absolute atomic E-state index is 4.75. The predicted molar refractivity (Wildman–Crippen MR) is 112 cm³/mol. The van der Waals surface area contributed by atoms with Gasteiger partial charge in [0, 0.05) is 17.0 Å². The van der Waals surface area contributed by atoms with Gasteiger partial charge >= 0.3 is 0 Å². The standard InChI is InChI=1S/C25H15N/c1-2-8-18-15-23-22(14-17(18)7-1)24-19-9-4-3-6-16(19)11-12-20(24)21-10-5-13-26-25(21)23/h1-15H. The molecule has 6 rings (SSSR count). The van der Waals surface area contributed by atoms with E-state index in [1.807, 2.05) is 12.3 Å². The van der Waals surface area contributed by atoms with Crippen molar-refractivity contribution in [2.75, 3.05) is 0 Å². The molecular weight excluding hydrogens is 314 g/mol. The van der Waals surface area contributed by atoms with E-state index in [0.717, 1.165) is 5.52 Å². The van der Waals surface area contributed by atoms with Crippen molar-refractivity contribution in [1.82, 2.24) is 4.98 Å². The molecule has 0 unspecified atom stereocenters. The van der Waals surface area contributed by atoms with Gasteiger partial charge in [-0.15, -0.1) is 0 Å². The second-order valence-electron chi connectivity index (χ2n) is 6.85. The second-order valence-corrected chi connectivity index (χ2v) is 6.85. The maximum Gasteiger partial charge on any atom is 0.0786 e. The lowest BCUT2D eigenvalue weighted by Crippen LogP contribution is -1.87. The molecule has 5 aromatic carbocycles. The molecule has 0 fully saturated rings. The zero-order valence-corrected chi connectivity index (χ0v) is 14.1. The topological polar surface area (TPSA) is 12.9 Å². The molecule has 120 valence electrons. The van der Waals surface area contributed by atoms with Crippen LogP contribution < -0.4 is 0 Å². The molecule has 0 amide bonds. The molecule has 0 N–H and O–H groups in total. The van der Waals surface area contributed by atoms with Gasteiger partial charge in [0.1, 0.15) is 0 Å². The van der Waals surface area contributed by atoms with Gasteiger partial charge in [0.05, 0.1) is 5.52 Å². The van der Waals surface area contributed by atoms with Gasteiger partial charge in [-0.05, 0) is 55.9 Å². The average Bonchev–Trinajstić information content (AvgIpc) is 2.72. The highest BCUT2D eigenvalue weighted by Crippen LogP contribution is 2.39. The fourth-order valence-corrected chi connectivity index (χ4v) is 4.27. The third-order valence-corrected chi connectivity index (χ3v) is 5.44. The lowest BCUT2D eigenvalue weighted by atomic mass is 9.91. The summed E-state index contributed by atoms with van der Waals surface area (Å²) in [6, 6.07) is 30.5. The largest absolute Gasteiger partial charge is 0.256 e. The molecule has 0 radical (unpaired) electrons. The van der Waals surface area contributed by atoms with Gasteiger partial charge < -0.3 is 0 Å². The molecule has 0 saturated carbocycles. The molecule has 0 spiro atoms. The normalized spacial score (nSPS) is 11.8. The monoisotopic (exact) mass is 329 g/mol. The van der Waals surface area contributed by atoms with Crippen molar-refractivity contribution < 1.29 is 0 Å². The Balaban J connectivity index is 2.03. The number of fused-ring (bicyclic) bond motifs is 9. The van der Waals surface area contributed by atoms with Gasteiger partial charge in [-0.2, -0.15) is 0 Å². The van der Waals surface area contributed by atoms with Crippen molar-refractivity contribution in [3.05, 3.63) is 91.1 Å². The van der Waals surface area contributed by atoms with E-state index >= 15 is 0 Å². The van der Waals surface area contributed by atoms with Crippen LogP contribution in [0.25, 0.3) is 54.0 Å². The summed E-state index contributed by atoms with van der Waals surface area (Å²) in [5.74, 6) is 0. The minimum absolute atomic E-state index is 1.08. The van der Waals surface area contributed by atoms with Crippen LogP contribution in [-0.4, -0.2) is 4.98 Å². The van der Waals surface area contributed by atoms with E-state index in [4.69, 9.17) is 4.98 Å². The summed E-state index contributed by atoms with van der Waals surface area (Å²) in [6.45, 7) is 0. The highest BCUT2D eigenvalue weighted by Gasteiger charge is 2.12. The number of hydrogen-bond donors (Lipinski definition) is 0. The zero-order chi connectivity index (χ0) is 17.1. The van der Waals surface area contributed by atoms with Crippen LogP contribution >= 0.6 is 0 Å². The molecule has 26 heavy (non-hydrogen) atoms. The average molecular weight is 329 g/mol. The summed E-state index contributed by atoms with van der Waals surface area (Å²) < 4.78 is 0. The Hall–Kier alpha value is -3.45. The fraction of sp³-hybridized carbons (Fsp3) is 0. The van der Waals surface area contributed by atoms with Crippen LogP contribution in [0.3, 0.4) is 0 Å². The Morgan fingerprint density at radius 3 is 2.00 bits per heavy atom. The van der Waals surface area contributed by atoms with Gasteiger partial charge in [-0.3, -0.25) is 4.98 Å². The summed E-state index contributed by atoms with van der Waals surface area (Å²) >= 11 is 0. The van der Waals surface area contributed by atoms with Gasteiger partial charge in [-0.25, -0.2) is 0 Å². The Labute approximate surface area is 150 Å². The molecule has 0 aliphatic rings. The SMILES string of the molecule is c1ccc2cc3c(cc2c1)c1ncccc1c1ccc2ccccc2c13. The molecule has 1 aromatic heterocycles. The van der Waals surface area contributed by atoms with Crippen molar-refractivity contribution in [2.24, 2.45) is 0 Å².